The van der Waals surface area contributed by atoms with Crippen LogP contribution in [0.3, 0.4) is 0 Å². The Morgan fingerprint density at radius 2 is 2.29 bits per heavy atom. The number of piperidine rings is 1. The third kappa shape index (κ3) is 4.30. The van der Waals surface area contributed by atoms with E-state index >= 15 is 0 Å². The molecule has 1 fully saturated rings. The molecule has 1 aliphatic heterocycles. The Balaban J connectivity index is 1.50. The number of aryl methyl sites for hydroxylation is 1. The van der Waals surface area contributed by atoms with E-state index in [4.69, 9.17) is 11.6 Å². The Bertz CT molecular complexity index is 705. The van der Waals surface area contributed by atoms with Crippen LogP contribution in [0.25, 0.3) is 0 Å². The Hall–Kier alpha value is -1.53. The average molecular weight is 365 g/mol. The van der Waals surface area contributed by atoms with Gasteiger partial charge in [-0.3, -0.25) is 9.89 Å². The molecule has 0 radical (unpaired) electrons. The summed E-state index contributed by atoms with van der Waals surface area (Å²) in [6, 6.07) is 7.77. The SMILES string of the molecule is Cc1nc(C2CCCN(C(=O)CSCc3ccccc3Cl)C2)n[nH]1. The van der Waals surface area contributed by atoms with Gasteiger partial charge >= 0.3 is 0 Å². The summed E-state index contributed by atoms with van der Waals surface area (Å²) >= 11 is 7.76. The molecule has 3 rings (SSSR count). The fourth-order valence-corrected chi connectivity index (χ4v) is 4.12. The minimum absolute atomic E-state index is 0.184. The van der Waals surface area contributed by atoms with Crippen LogP contribution >= 0.6 is 23.4 Å². The summed E-state index contributed by atoms with van der Waals surface area (Å²) in [4.78, 5) is 18.8. The molecule has 1 aromatic heterocycles. The Morgan fingerprint density at radius 1 is 1.46 bits per heavy atom. The number of hydrogen-bond acceptors (Lipinski definition) is 4. The molecule has 128 valence electrons. The van der Waals surface area contributed by atoms with Gasteiger partial charge in [-0.25, -0.2) is 4.98 Å². The molecule has 0 bridgehead atoms. The second-order valence-electron chi connectivity index (χ2n) is 6.04. The van der Waals surface area contributed by atoms with E-state index in [9.17, 15) is 4.79 Å². The maximum atomic E-state index is 12.5. The predicted octanol–water partition coefficient (Wildman–Crippen LogP) is 3.41. The van der Waals surface area contributed by atoms with E-state index in [-0.39, 0.29) is 11.8 Å². The van der Waals surface area contributed by atoms with Crippen LogP contribution in [0.2, 0.25) is 5.02 Å². The molecule has 1 saturated heterocycles. The molecule has 0 aliphatic carbocycles. The number of carbonyl (C=O) groups is 1. The van der Waals surface area contributed by atoms with Crippen LogP contribution in [-0.2, 0) is 10.5 Å². The van der Waals surface area contributed by atoms with Crippen LogP contribution < -0.4 is 0 Å². The quantitative estimate of drug-likeness (QED) is 0.883. The molecule has 2 aromatic rings. The first-order chi connectivity index (χ1) is 11.6. The third-order valence-corrected chi connectivity index (χ3v) is 5.53. The fraction of sp³-hybridized carbons (Fsp3) is 0.471. The normalized spacial score (nSPS) is 17.9. The van der Waals surface area contributed by atoms with Crippen molar-refractivity contribution < 1.29 is 4.79 Å². The topological polar surface area (TPSA) is 61.9 Å². The molecule has 1 atom stereocenters. The van der Waals surface area contributed by atoms with Gasteiger partial charge in [-0.1, -0.05) is 29.8 Å². The number of rotatable bonds is 5. The van der Waals surface area contributed by atoms with Crippen molar-refractivity contribution >= 4 is 29.3 Å². The number of nitrogens with one attached hydrogen (secondary N) is 1. The van der Waals surface area contributed by atoms with Crippen LogP contribution in [-0.4, -0.2) is 44.8 Å². The molecule has 1 amide bonds. The van der Waals surface area contributed by atoms with Gasteiger partial charge in [0.2, 0.25) is 5.91 Å². The van der Waals surface area contributed by atoms with Crippen LogP contribution in [0.15, 0.2) is 24.3 Å². The van der Waals surface area contributed by atoms with Gasteiger partial charge in [-0.2, -0.15) is 5.10 Å². The summed E-state index contributed by atoms with van der Waals surface area (Å²) in [6.07, 6.45) is 2.03. The van der Waals surface area contributed by atoms with E-state index < -0.39 is 0 Å². The molecule has 5 nitrogen and oxygen atoms in total. The van der Waals surface area contributed by atoms with E-state index in [1.807, 2.05) is 36.1 Å². The first-order valence-electron chi connectivity index (χ1n) is 8.11. The van der Waals surface area contributed by atoms with Crippen LogP contribution in [0.5, 0.6) is 0 Å². The molecular weight excluding hydrogens is 344 g/mol. The summed E-state index contributed by atoms with van der Waals surface area (Å²) < 4.78 is 0. The maximum Gasteiger partial charge on any atom is 0.232 e. The van der Waals surface area contributed by atoms with Crippen molar-refractivity contribution in [2.75, 3.05) is 18.8 Å². The van der Waals surface area contributed by atoms with Gasteiger partial charge in [0, 0.05) is 29.8 Å². The zero-order valence-corrected chi connectivity index (χ0v) is 15.2. The number of nitrogens with zero attached hydrogens (tertiary/aromatic N) is 3. The fourth-order valence-electron chi connectivity index (χ4n) is 2.91. The average Bonchev–Trinajstić information content (AvgIpc) is 3.03. The first kappa shape index (κ1) is 17.3. The lowest BCUT2D eigenvalue weighted by Crippen LogP contribution is -2.40. The van der Waals surface area contributed by atoms with Crippen LogP contribution in [0, 0.1) is 6.92 Å². The molecule has 1 unspecified atom stereocenters. The van der Waals surface area contributed by atoms with Gasteiger partial charge < -0.3 is 4.90 Å². The van der Waals surface area contributed by atoms with Crippen LogP contribution in [0.4, 0.5) is 0 Å². The lowest BCUT2D eigenvalue weighted by atomic mass is 9.97. The van der Waals surface area contributed by atoms with E-state index in [0.29, 0.717) is 12.3 Å². The highest BCUT2D eigenvalue weighted by Crippen LogP contribution is 2.26. The summed E-state index contributed by atoms with van der Waals surface area (Å²) in [5.41, 5.74) is 1.07. The highest BCUT2D eigenvalue weighted by atomic mass is 35.5. The standard InChI is InChI=1S/C17H21ClN4OS/c1-12-19-17(21-20-12)13-6-4-8-22(9-13)16(23)11-24-10-14-5-2-3-7-15(14)18/h2-3,5,7,13H,4,6,8-11H2,1H3,(H,19,20,21). The maximum absolute atomic E-state index is 12.5. The molecular formula is C17H21ClN4OS. The zero-order valence-electron chi connectivity index (χ0n) is 13.7. The summed E-state index contributed by atoms with van der Waals surface area (Å²) in [6.45, 7) is 3.43. The number of thioether (sulfide) groups is 1. The summed E-state index contributed by atoms with van der Waals surface area (Å²) in [5.74, 6) is 3.30. The monoisotopic (exact) mass is 364 g/mol. The second-order valence-corrected chi connectivity index (χ2v) is 7.43. The molecule has 24 heavy (non-hydrogen) atoms. The van der Waals surface area contributed by atoms with Gasteiger partial charge in [-0.05, 0) is 31.4 Å². The predicted molar refractivity (Wildman–Crippen MR) is 97.3 cm³/mol. The first-order valence-corrected chi connectivity index (χ1v) is 9.64. The highest BCUT2D eigenvalue weighted by molar-refractivity contribution is 7.99. The number of benzene rings is 1. The van der Waals surface area contributed by atoms with E-state index in [0.717, 1.165) is 47.4 Å². The van der Waals surface area contributed by atoms with Crippen molar-refractivity contribution in [3.63, 3.8) is 0 Å². The number of likely N-dealkylation sites (tertiary alicyclic amines) is 1. The number of H-pyrrole nitrogens is 1. The highest BCUT2D eigenvalue weighted by Gasteiger charge is 2.26. The lowest BCUT2D eigenvalue weighted by Gasteiger charge is -2.31. The number of aromatic amines is 1. The van der Waals surface area contributed by atoms with Crippen molar-refractivity contribution in [3.05, 3.63) is 46.5 Å². The molecule has 1 N–H and O–H groups in total. The van der Waals surface area contributed by atoms with Crippen LogP contribution in [0.1, 0.15) is 36.0 Å². The van der Waals surface area contributed by atoms with Crippen molar-refractivity contribution in [1.82, 2.24) is 20.1 Å². The molecule has 7 heteroatoms. The van der Waals surface area contributed by atoms with E-state index in [2.05, 4.69) is 15.2 Å². The van der Waals surface area contributed by atoms with Crippen molar-refractivity contribution in [2.45, 2.75) is 31.4 Å². The van der Waals surface area contributed by atoms with Crippen molar-refractivity contribution in [3.8, 4) is 0 Å². The molecule has 0 saturated carbocycles. The molecule has 0 spiro atoms. The van der Waals surface area contributed by atoms with Crippen molar-refractivity contribution in [2.24, 2.45) is 0 Å². The molecule has 1 aromatic carbocycles. The Labute approximate surface area is 151 Å². The van der Waals surface area contributed by atoms with E-state index in [1.165, 1.54) is 0 Å². The van der Waals surface area contributed by atoms with Gasteiger partial charge in [0.05, 0.1) is 5.75 Å². The smallest absolute Gasteiger partial charge is 0.232 e. The van der Waals surface area contributed by atoms with Crippen molar-refractivity contribution in [1.29, 1.82) is 0 Å². The Kier molecular flexibility index (Phi) is 5.79. The second kappa shape index (κ2) is 8.03. The molecule has 1 aliphatic rings. The minimum Gasteiger partial charge on any atom is -0.341 e. The van der Waals surface area contributed by atoms with Gasteiger partial charge in [0.1, 0.15) is 5.82 Å². The zero-order chi connectivity index (χ0) is 16.9. The van der Waals surface area contributed by atoms with Gasteiger partial charge in [0.15, 0.2) is 5.82 Å². The largest absolute Gasteiger partial charge is 0.341 e. The number of halogens is 1. The number of amides is 1. The van der Waals surface area contributed by atoms with E-state index in [1.54, 1.807) is 11.8 Å². The number of aromatic nitrogens is 3. The lowest BCUT2D eigenvalue weighted by molar-refractivity contribution is -0.129. The third-order valence-electron chi connectivity index (χ3n) is 4.19. The molecule has 2 heterocycles. The number of hydrogen-bond donors (Lipinski definition) is 1. The number of carbonyl (C=O) groups excluding carboxylic acids is 1. The summed E-state index contributed by atoms with van der Waals surface area (Å²) in [7, 11) is 0. The van der Waals surface area contributed by atoms with Gasteiger partial charge in [-0.15, -0.1) is 11.8 Å². The van der Waals surface area contributed by atoms with Gasteiger partial charge in [0.25, 0.3) is 0 Å². The Morgan fingerprint density at radius 3 is 3.04 bits per heavy atom. The minimum atomic E-state index is 0.184. The summed E-state index contributed by atoms with van der Waals surface area (Å²) in [5, 5.41) is 7.90.